The molecule has 0 aromatic heterocycles. The second-order valence-corrected chi connectivity index (χ2v) is 5.49. The highest BCUT2D eigenvalue weighted by atomic mass is 79.9. The summed E-state index contributed by atoms with van der Waals surface area (Å²) in [5.74, 6) is 1.62. The van der Waals surface area contributed by atoms with Gasteiger partial charge in [-0.15, -0.1) is 0 Å². The molecule has 0 aromatic rings. The predicted molar refractivity (Wildman–Crippen MR) is 56.2 cm³/mol. The summed E-state index contributed by atoms with van der Waals surface area (Å²) in [6.45, 7) is 11.5. The molecule has 0 aliphatic carbocycles. The molecule has 0 nitrogen and oxygen atoms in total. The molecule has 0 radical (unpaired) electrons. The van der Waals surface area contributed by atoms with Gasteiger partial charge < -0.3 is 0 Å². The third kappa shape index (κ3) is 4.84. The predicted octanol–water partition coefficient (Wildman–Crippen LogP) is 4.09. The van der Waals surface area contributed by atoms with Crippen LogP contribution >= 0.6 is 15.9 Å². The van der Waals surface area contributed by atoms with Crippen molar-refractivity contribution in [1.82, 2.24) is 0 Å². The normalized spacial score (nSPS) is 15.5. The van der Waals surface area contributed by atoms with Gasteiger partial charge in [-0.25, -0.2) is 0 Å². The van der Waals surface area contributed by atoms with Gasteiger partial charge in [-0.1, -0.05) is 50.5 Å². The Balaban J connectivity index is 3.96. The summed E-state index contributed by atoms with van der Waals surface area (Å²) in [6, 6.07) is 0. The lowest BCUT2D eigenvalue weighted by Crippen LogP contribution is -2.23. The minimum Gasteiger partial charge on any atom is -0.0925 e. The fourth-order valence-electron chi connectivity index (χ4n) is 1.22. The van der Waals surface area contributed by atoms with Crippen LogP contribution in [0.15, 0.2) is 0 Å². The molecule has 0 fully saturated rings. The van der Waals surface area contributed by atoms with E-state index in [1.807, 2.05) is 0 Å². The maximum absolute atomic E-state index is 3.58. The zero-order chi connectivity index (χ0) is 9.07. The minimum absolute atomic E-state index is 0.452. The molecule has 1 unspecified atom stereocenters. The summed E-state index contributed by atoms with van der Waals surface area (Å²) >= 11 is 3.58. The van der Waals surface area contributed by atoms with Gasteiger partial charge in [-0.3, -0.25) is 0 Å². The van der Waals surface area contributed by atoms with Crippen LogP contribution in [0.25, 0.3) is 0 Å². The first kappa shape index (κ1) is 11.5. The molecule has 1 heteroatoms. The van der Waals surface area contributed by atoms with Gasteiger partial charge >= 0.3 is 0 Å². The Bertz CT molecular complexity index is 99.9. The molecule has 0 aromatic carbocycles. The lowest BCUT2D eigenvalue weighted by atomic mass is 9.78. The first-order valence-corrected chi connectivity index (χ1v) is 5.56. The topological polar surface area (TPSA) is 0 Å². The number of hydrogen-bond acceptors (Lipinski definition) is 0. The second kappa shape index (κ2) is 4.49. The van der Waals surface area contributed by atoms with Crippen molar-refractivity contribution in [2.45, 2.75) is 41.0 Å². The van der Waals surface area contributed by atoms with Gasteiger partial charge in [-0.2, -0.15) is 0 Å². The van der Waals surface area contributed by atoms with Gasteiger partial charge in [0.2, 0.25) is 0 Å². The van der Waals surface area contributed by atoms with E-state index in [9.17, 15) is 0 Å². The van der Waals surface area contributed by atoms with Crippen LogP contribution < -0.4 is 0 Å². The zero-order valence-electron chi connectivity index (χ0n) is 8.45. The van der Waals surface area contributed by atoms with Gasteiger partial charge in [0, 0.05) is 5.33 Å². The van der Waals surface area contributed by atoms with Crippen LogP contribution in [0, 0.1) is 17.3 Å². The third-order valence-electron chi connectivity index (χ3n) is 2.17. The van der Waals surface area contributed by atoms with E-state index in [0.717, 1.165) is 17.2 Å². The van der Waals surface area contributed by atoms with Crippen molar-refractivity contribution in [2.75, 3.05) is 5.33 Å². The van der Waals surface area contributed by atoms with E-state index in [2.05, 4.69) is 50.5 Å². The van der Waals surface area contributed by atoms with Gasteiger partial charge in [-0.05, 0) is 23.7 Å². The molecule has 68 valence electrons. The molecule has 0 saturated heterocycles. The Morgan fingerprint density at radius 1 is 1.18 bits per heavy atom. The average Bonchev–Trinajstić information content (AvgIpc) is 1.79. The van der Waals surface area contributed by atoms with Crippen LogP contribution in [-0.2, 0) is 0 Å². The molecule has 11 heavy (non-hydrogen) atoms. The van der Waals surface area contributed by atoms with Crippen LogP contribution in [0.5, 0.6) is 0 Å². The summed E-state index contributed by atoms with van der Waals surface area (Å²) in [5, 5.41) is 1.13. The van der Waals surface area contributed by atoms with Crippen molar-refractivity contribution in [3.05, 3.63) is 0 Å². The second-order valence-electron chi connectivity index (χ2n) is 4.85. The van der Waals surface area contributed by atoms with Gasteiger partial charge in [0.1, 0.15) is 0 Å². The third-order valence-corrected chi connectivity index (χ3v) is 2.95. The molecule has 1 atom stereocenters. The summed E-state index contributed by atoms with van der Waals surface area (Å²) in [4.78, 5) is 0. The van der Waals surface area contributed by atoms with Crippen molar-refractivity contribution in [2.24, 2.45) is 17.3 Å². The van der Waals surface area contributed by atoms with E-state index in [1.54, 1.807) is 0 Å². The summed E-state index contributed by atoms with van der Waals surface area (Å²) in [7, 11) is 0. The van der Waals surface area contributed by atoms with Gasteiger partial charge in [0.25, 0.3) is 0 Å². The Kier molecular flexibility index (Phi) is 4.69. The van der Waals surface area contributed by atoms with Crippen molar-refractivity contribution in [1.29, 1.82) is 0 Å². The first-order chi connectivity index (χ1) is 4.88. The summed E-state index contributed by atoms with van der Waals surface area (Å²) in [6.07, 6.45) is 1.33. The molecule has 0 spiro atoms. The van der Waals surface area contributed by atoms with E-state index < -0.39 is 0 Å². The molecule has 0 N–H and O–H groups in total. The van der Waals surface area contributed by atoms with Crippen molar-refractivity contribution in [3.63, 3.8) is 0 Å². The summed E-state index contributed by atoms with van der Waals surface area (Å²) in [5.41, 5.74) is 0.452. The fourth-order valence-corrected chi connectivity index (χ4v) is 2.45. The minimum atomic E-state index is 0.452. The highest BCUT2D eigenvalue weighted by molar-refractivity contribution is 9.09. The Morgan fingerprint density at radius 2 is 1.64 bits per heavy atom. The molecular formula is C10H21Br. The monoisotopic (exact) mass is 220 g/mol. The number of halogens is 1. The molecule has 0 heterocycles. The van der Waals surface area contributed by atoms with Gasteiger partial charge in [0.15, 0.2) is 0 Å². The van der Waals surface area contributed by atoms with Crippen LogP contribution in [-0.4, -0.2) is 5.33 Å². The SMILES string of the molecule is CC(C)CC(CBr)C(C)(C)C. The lowest BCUT2D eigenvalue weighted by Gasteiger charge is -2.30. The first-order valence-electron chi connectivity index (χ1n) is 4.44. The molecule has 0 rings (SSSR count). The highest BCUT2D eigenvalue weighted by Gasteiger charge is 2.23. The summed E-state index contributed by atoms with van der Waals surface area (Å²) < 4.78 is 0. The Labute approximate surface area is 79.9 Å². The van der Waals surface area contributed by atoms with E-state index >= 15 is 0 Å². The maximum atomic E-state index is 3.58. The molecule has 0 saturated carbocycles. The fraction of sp³-hybridized carbons (Fsp3) is 1.00. The van der Waals surface area contributed by atoms with Crippen LogP contribution in [0.2, 0.25) is 0 Å². The van der Waals surface area contributed by atoms with Crippen LogP contribution in [0.1, 0.15) is 41.0 Å². The zero-order valence-corrected chi connectivity index (χ0v) is 10.0. The standard InChI is InChI=1S/C10H21Br/c1-8(2)6-9(7-11)10(3,4)5/h8-9H,6-7H2,1-5H3. The molecule has 0 aliphatic rings. The average molecular weight is 221 g/mol. The smallest absolute Gasteiger partial charge is 0.00647 e. The van der Waals surface area contributed by atoms with E-state index in [-0.39, 0.29) is 0 Å². The Hall–Kier alpha value is 0.480. The van der Waals surface area contributed by atoms with Crippen molar-refractivity contribution < 1.29 is 0 Å². The maximum Gasteiger partial charge on any atom is 0.00647 e. The quantitative estimate of drug-likeness (QED) is 0.629. The van der Waals surface area contributed by atoms with E-state index in [4.69, 9.17) is 0 Å². The number of rotatable bonds is 3. The van der Waals surface area contributed by atoms with E-state index in [1.165, 1.54) is 6.42 Å². The Morgan fingerprint density at radius 3 is 1.73 bits per heavy atom. The largest absolute Gasteiger partial charge is 0.0925 e. The lowest BCUT2D eigenvalue weighted by molar-refractivity contribution is 0.230. The van der Waals surface area contributed by atoms with Crippen molar-refractivity contribution in [3.8, 4) is 0 Å². The molecular weight excluding hydrogens is 200 g/mol. The van der Waals surface area contributed by atoms with Gasteiger partial charge in [0.05, 0.1) is 0 Å². The number of alkyl halides is 1. The number of hydrogen-bond donors (Lipinski definition) is 0. The van der Waals surface area contributed by atoms with Crippen molar-refractivity contribution >= 4 is 15.9 Å². The van der Waals surface area contributed by atoms with Crippen LogP contribution in [0.4, 0.5) is 0 Å². The van der Waals surface area contributed by atoms with E-state index in [0.29, 0.717) is 5.41 Å². The van der Waals surface area contributed by atoms with Crippen LogP contribution in [0.3, 0.4) is 0 Å². The highest BCUT2D eigenvalue weighted by Crippen LogP contribution is 2.32. The molecule has 0 bridgehead atoms. The molecule has 0 aliphatic heterocycles. The molecule has 0 amide bonds.